The number of nitrogens with one attached hydrogen (secondary N) is 2. The van der Waals surface area contributed by atoms with Crippen LogP contribution in [0.4, 0.5) is 10.1 Å². The van der Waals surface area contributed by atoms with Crippen LogP contribution in [0.25, 0.3) is 22.4 Å². The first-order valence-electron chi connectivity index (χ1n) is 7.71. The maximum atomic E-state index is 13.4. The number of anilines is 1. The van der Waals surface area contributed by atoms with E-state index in [0.717, 1.165) is 5.52 Å². The lowest BCUT2D eigenvalue weighted by Gasteiger charge is -2.14. The van der Waals surface area contributed by atoms with E-state index in [1.54, 1.807) is 30.3 Å². The molecule has 2 N–H and O–H groups in total. The summed E-state index contributed by atoms with van der Waals surface area (Å²) in [6, 6.07) is 11.5. The number of halogens is 1. The third-order valence-corrected chi connectivity index (χ3v) is 3.71. The Morgan fingerprint density at radius 2 is 2.12 bits per heavy atom. The summed E-state index contributed by atoms with van der Waals surface area (Å²) in [5.74, 6) is -0.0149. The minimum atomic E-state index is -0.385. The number of imidazole rings is 1. The zero-order valence-electron chi connectivity index (χ0n) is 13.1. The summed E-state index contributed by atoms with van der Waals surface area (Å²) in [7, 11) is 0. The number of nitrogens with zero attached hydrogens (tertiary/aromatic N) is 1. The van der Waals surface area contributed by atoms with Gasteiger partial charge in [0.25, 0.3) is 5.91 Å². The van der Waals surface area contributed by atoms with Gasteiger partial charge in [-0.2, -0.15) is 0 Å². The van der Waals surface area contributed by atoms with Crippen molar-refractivity contribution >= 4 is 22.6 Å². The van der Waals surface area contributed by atoms with Crippen LogP contribution in [-0.2, 0) is 14.3 Å². The zero-order chi connectivity index (χ0) is 17.2. The number of aromatic nitrogens is 2. The van der Waals surface area contributed by atoms with Gasteiger partial charge in [-0.1, -0.05) is 12.1 Å². The Hall–Kier alpha value is -3.35. The minimum absolute atomic E-state index is 0.136. The molecule has 25 heavy (non-hydrogen) atoms. The highest BCUT2D eigenvalue weighted by molar-refractivity contribution is 6.03. The van der Waals surface area contributed by atoms with E-state index in [-0.39, 0.29) is 17.5 Å². The molecule has 7 heteroatoms. The smallest absolute Gasteiger partial charge is 0.294 e. The highest BCUT2D eigenvalue weighted by atomic mass is 19.1. The predicted octanol–water partition coefficient (Wildman–Crippen LogP) is 3.20. The molecule has 0 bridgehead atoms. The fourth-order valence-corrected chi connectivity index (χ4v) is 2.54. The molecular formula is C18H14FN3O3. The van der Waals surface area contributed by atoms with Gasteiger partial charge in [0.05, 0.1) is 11.0 Å². The van der Waals surface area contributed by atoms with Crippen LogP contribution in [0.15, 0.2) is 54.5 Å². The molecule has 0 saturated heterocycles. The van der Waals surface area contributed by atoms with Crippen LogP contribution < -0.4 is 5.32 Å². The van der Waals surface area contributed by atoms with Crippen LogP contribution >= 0.6 is 0 Å². The molecule has 1 aliphatic rings. The average Bonchev–Trinajstić information content (AvgIpc) is 3.06. The van der Waals surface area contributed by atoms with E-state index >= 15 is 0 Å². The molecule has 6 nitrogen and oxygen atoms in total. The van der Waals surface area contributed by atoms with Gasteiger partial charge < -0.3 is 19.8 Å². The second kappa shape index (κ2) is 6.27. The van der Waals surface area contributed by atoms with Crippen molar-refractivity contribution in [2.75, 3.05) is 18.5 Å². The van der Waals surface area contributed by atoms with Crippen LogP contribution in [0.3, 0.4) is 0 Å². The van der Waals surface area contributed by atoms with E-state index in [1.165, 1.54) is 18.4 Å². The summed E-state index contributed by atoms with van der Waals surface area (Å²) in [5, 5.41) is 2.74. The molecule has 0 saturated carbocycles. The molecule has 0 aliphatic carbocycles. The van der Waals surface area contributed by atoms with E-state index in [2.05, 4.69) is 15.3 Å². The van der Waals surface area contributed by atoms with Crippen molar-refractivity contribution in [1.82, 2.24) is 9.97 Å². The third kappa shape index (κ3) is 3.16. The number of benzene rings is 2. The lowest BCUT2D eigenvalue weighted by atomic mass is 10.2. The van der Waals surface area contributed by atoms with Crippen LogP contribution in [0, 0.1) is 5.82 Å². The van der Waals surface area contributed by atoms with E-state index in [4.69, 9.17) is 9.47 Å². The lowest BCUT2D eigenvalue weighted by molar-refractivity contribution is -0.117. The van der Waals surface area contributed by atoms with Crippen molar-refractivity contribution < 1.29 is 18.7 Å². The number of ether oxygens (including phenoxy) is 2. The molecule has 1 aliphatic heterocycles. The average molecular weight is 339 g/mol. The van der Waals surface area contributed by atoms with Gasteiger partial charge in [0.15, 0.2) is 0 Å². The number of H-pyrrole nitrogens is 1. The topological polar surface area (TPSA) is 76.2 Å². The summed E-state index contributed by atoms with van der Waals surface area (Å²) in [6.07, 6.45) is 1.30. The quantitative estimate of drug-likeness (QED) is 0.768. The summed E-state index contributed by atoms with van der Waals surface area (Å²) in [4.78, 5) is 19.7. The molecule has 3 aromatic rings. The van der Waals surface area contributed by atoms with Crippen molar-refractivity contribution in [2.45, 2.75) is 0 Å². The number of hydrogen-bond donors (Lipinski definition) is 2. The fourth-order valence-electron chi connectivity index (χ4n) is 2.54. The van der Waals surface area contributed by atoms with Crippen molar-refractivity contribution in [2.24, 2.45) is 0 Å². The van der Waals surface area contributed by atoms with E-state index in [1.807, 2.05) is 0 Å². The van der Waals surface area contributed by atoms with Gasteiger partial charge in [-0.3, -0.25) is 4.79 Å². The Morgan fingerprint density at radius 1 is 1.20 bits per heavy atom. The fraction of sp³-hybridized carbons (Fsp3) is 0.111. The van der Waals surface area contributed by atoms with E-state index in [0.29, 0.717) is 35.8 Å². The van der Waals surface area contributed by atoms with E-state index < -0.39 is 0 Å². The van der Waals surface area contributed by atoms with Crippen LogP contribution in [-0.4, -0.2) is 29.1 Å². The number of carbonyl (C=O) groups is 1. The molecule has 4 rings (SSSR count). The van der Waals surface area contributed by atoms with Gasteiger partial charge in [-0.15, -0.1) is 0 Å². The zero-order valence-corrected chi connectivity index (χ0v) is 13.1. The number of amides is 1. The molecule has 0 unspecified atom stereocenters. The second-order valence-electron chi connectivity index (χ2n) is 5.48. The molecule has 0 fully saturated rings. The number of aromatic amines is 1. The molecule has 126 valence electrons. The summed E-state index contributed by atoms with van der Waals surface area (Å²) >= 11 is 0. The van der Waals surface area contributed by atoms with Crippen LogP contribution in [0.1, 0.15) is 0 Å². The van der Waals surface area contributed by atoms with Crippen molar-refractivity contribution in [1.29, 1.82) is 0 Å². The third-order valence-electron chi connectivity index (χ3n) is 3.71. The summed E-state index contributed by atoms with van der Waals surface area (Å²) < 4.78 is 23.7. The Kier molecular flexibility index (Phi) is 3.81. The molecule has 0 atom stereocenters. The predicted molar refractivity (Wildman–Crippen MR) is 90.1 cm³/mol. The maximum absolute atomic E-state index is 13.4. The molecule has 0 spiro atoms. The Bertz CT molecular complexity index is 981. The van der Waals surface area contributed by atoms with Gasteiger partial charge in [0.1, 0.15) is 31.1 Å². The van der Waals surface area contributed by atoms with Crippen molar-refractivity contribution in [3.05, 3.63) is 60.3 Å². The molecule has 0 radical (unpaired) electrons. The Labute approximate surface area is 142 Å². The number of fused-ring (bicyclic) bond motifs is 1. The van der Waals surface area contributed by atoms with Crippen molar-refractivity contribution in [3.8, 4) is 11.4 Å². The van der Waals surface area contributed by atoms with Gasteiger partial charge >= 0.3 is 0 Å². The Morgan fingerprint density at radius 3 is 2.92 bits per heavy atom. The SMILES string of the molecule is O=C(Nc1ccc2nc(-c3cccc(F)c3)[nH]c2c1)C1=COCCO1. The van der Waals surface area contributed by atoms with Gasteiger partial charge in [0, 0.05) is 11.3 Å². The largest absolute Gasteiger partial charge is 0.494 e. The first kappa shape index (κ1) is 15.2. The molecule has 2 aromatic carbocycles. The van der Waals surface area contributed by atoms with Gasteiger partial charge in [0.2, 0.25) is 5.76 Å². The van der Waals surface area contributed by atoms with Crippen LogP contribution in [0.5, 0.6) is 0 Å². The molecule has 2 heterocycles. The van der Waals surface area contributed by atoms with Crippen molar-refractivity contribution in [3.63, 3.8) is 0 Å². The highest BCUT2D eigenvalue weighted by Gasteiger charge is 2.15. The normalized spacial score (nSPS) is 13.7. The first-order chi connectivity index (χ1) is 12.2. The van der Waals surface area contributed by atoms with Crippen LogP contribution in [0.2, 0.25) is 0 Å². The Balaban J connectivity index is 1.60. The molecule has 1 aromatic heterocycles. The van der Waals surface area contributed by atoms with Gasteiger partial charge in [-0.25, -0.2) is 9.37 Å². The maximum Gasteiger partial charge on any atom is 0.294 e. The lowest BCUT2D eigenvalue weighted by Crippen LogP contribution is -2.21. The monoisotopic (exact) mass is 339 g/mol. The van der Waals surface area contributed by atoms with Gasteiger partial charge in [-0.05, 0) is 30.3 Å². The number of rotatable bonds is 3. The highest BCUT2D eigenvalue weighted by Crippen LogP contribution is 2.23. The summed E-state index contributed by atoms with van der Waals surface area (Å²) in [6.45, 7) is 0.773. The summed E-state index contributed by atoms with van der Waals surface area (Å²) in [5.41, 5.74) is 2.68. The molecular weight excluding hydrogens is 325 g/mol. The molecule has 1 amide bonds. The number of carbonyl (C=O) groups excluding carboxylic acids is 1. The second-order valence-corrected chi connectivity index (χ2v) is 5.48. The standard InChI is InChI=1S/C18H14FN3O3/c19-12-3-1-2-11(8-12)17-21-14-5-4-13(9-15(14)22-17)20-18(23)16-10-24-6-7-25-16/h1-5,8-10H,6-7H2,(H,20,23)(H,21,22). The number of hydrogen-bond acceptors (Lipinski definition) is 4. The van der Waals surface area contributed by atoms with E-state index in [9.17, 15) is 9.18 Å². The first-order valence-corrected chi connectivity index (χ1v) is 7.71. The minimum Gasteiger partial charge on any atom is -0.494 e.